The van der Waals surface area contributed by atoms with Crippen molar-refractivity contribution in [3.8, 4) is 5.75 Å². The highest BCUT2D eigenvalue weighted by Crippen LogP contribution is 2.32. The second kappa shape index (κ2) is 4.50. The fourth-order valence-corrected chi connectivity index (χ4v) is 2.01. The van der Waals surface area contributed by atoms with E-state index < -0.39 is 18.2 Å². The molecule has 0 heterocycles. The molecule has 0 radical (unpaired) electrons. The molecule has 8 heteroatoms. The fraction of sp³-hybridized carbons (Fsp3) is 0.333. The Morgan fingerprint density at radius 1 is 1.12 bits per heavy atom. The second-order valence-electron chi connectivity index (χ2n) is 4.38. The SMILES string of the molecule is C[Si](C)(C)Oc1ccc([N+](=O)[O-])cc1[N+](=O)[O-]. The highest BCUT2D eigenvalue weighted by molar-refractivity contribution is 6.70. The fourth-order valence-electron chi connectivity index (χ4n) is 1.18. The summed E-state index contributed by atoms with van der Waals surface area (Å²) in [5, 5.41) is 21.3. The molecule has 0 fully saturated rings. The number of non-ortho nitro benzene ring substituents is 1. The number of hydrogen-bond acceptors (Lipinski definition) is 5. The number of benzene rings is 1. The Kier molecular flexibility index (Phi) is 3.47. The van der Waals surface area contributed by atoms with Crippen LogP contribution < -0.4 is 4.43 Å². The molecule has 0 N–H and O–H groups in total. The van der Waals surface area contributed by atoms with Gasteiger partial charge in [-0.15, -0.1) is 0 Å². The van der Waals surface area contributed by atoms with E-state index in [-0.39, 0.29) is 17.1 Å². The van der Waals surface area contributed by atoms with Crippen LogP contribution in [0.4, 0.5) is 11.4 Å². The Labute approximate surface area is 98.5 Å². The topological polar surface area (TPSA) is 95.5 Å². The van der Waals surface area contributed by atoms with E-state index in [9.17, 15) is 20.2 Å². The summed E-state index contributed by atoms with van der Waals surface area (Å²) in [6, 6.07) is 3.38. The minimum atomic E-state index is -1.99. The zero-order chi connectivity index (χ0) is 13.2. The van der Waals surface area contributed by atoms with Gasteiger partial charge in [-0.3, -0.25) is 20.2 Å². The molecule has 0 spiro atoms. The molecule has 0 atom stereocenters. The Morgan fingerprint density at radius 3 is 2.12 bits per heavy atom. The first-order chi connectivity index (χ1) is 7.70. The zero-order valence-electron chi connectivity index (χ0n) is 9.67. The van der Waals surface area contributed by atoms with Crippen LogP contribution in [0, 0.1) is 20.2 Å². The van der Waals surface area contributed by atoms with Gasteiger partial charge in [0, 0.05) is 6.07 Å². The molecule has 0 aliphatic heterocycles. The van der Waals surface area contributed by atoms with Gasteiger partial charge in [0.15, 0.2) is 5.75 Å². The molecule has 7 nitrogen and oxygen atoms in total. The molecule has 0 amide bonds. The second-order valence-corrected chi connectivity index (χ2v) is 8.81. The molecular formula is C9H12N2O5Si. The van der Waals surface area contributed by atoms with Crippen LogP contribution in [0.15, 0.2) is 18.2 Å². The van der Waals surface area contributed by atoms with Gasteiger partial charge in [-0.05, 0) is 25.7 Å². The van der Waals surface area contributed by atoms with E-state index in [0.717, 1.165) is 6.07 Å². The van der Waals surface area contributed by atoms with Gasteiger partial charge < -0.3 is 4.43 Å². The van der Waals surface area contributed by atoms with Crippen molar-refractivity contribution in [1.29, 1.82) is 0 Å². The predicted molar refractivity (Wildman–Crippen MR) is 63.7 cm³/mol. The maximum Gasteiger partial charge on any atom is 0.316 e. The van der Waals surface area contributed by atoms with Crippen LogP contribution in [-0.2, 0) is 0 Å². The van der Waals surface area contributed by atoms with E-state index in [0.29, 0.717) is 0 Å². The molecule has 1 rings (SSSR count). The monoisotopic (exact) mass is 256 g/mol. The maximum absolute atomic E-state index is 10.8. The summed E-state index contributed by atoms with van der Waals surface area (Å²) in [5.41, 5.74) is -0.693. The van der Waals surface area contributed by atoms with Crippen LogP contribution in [0.2, 0.25) is 19.6 Å². The summed E-state index contributed by atoms with van der Waals surface area (Å²) < 4.78 is 5.50. The zero-order valence-corrected chi connectivity index (χ0v) is 10.7. The van der Waals surface area contributed by atoms with Crippen LogP contribution in [0.5, 0.6) is 5.75 Å². The van der Waals surface area contributed by atoms with Crippen LogP contribution in [0.1, 0.15) is 0 Å². The lowest BCUT2D eigenvalue weighted by Gasteiger charge is -2.18. The third-order valence-corrected chi connectivity index (χ3v) is 2.60. The number of rotatable bonds is 4. The summed E-state index contributed by atoms with van der Waals surface area (Å²) in [7, 11) is -1.99. The molecule has 0 saturated carbocycles. The van der Waals surface area contributed by atoms with Gasteiger partial charge in [0.05, 0.1) is 15.9 Å². The third-order valence-electron chi connectivity index (χ3n) is 1.77. The van der Waals surface area contributed by atoms with Gasteiger partial charge >= 0.3 is 5.69 Å². The number of hydrogen-bond donors (Lipinski definition) is 0. The van der Waals surface area contributed by atoms with Crippen molar-refractivity contribution < 1.29 is 14.3 Å². The van der Waals surface area contributed by atoms with Gasteiger partial charge in [-0.25, -0.2) is 0 Å². The van der Waals surface area contributed by atoms with Crippen molar-refractivity contribution in [2.24, 2.45) is 0 Å². The van der Waals surface area contributed by atoms with Crippen molar-refractivity contribution in [3.63, 3.8) is 0 Å². The molecule has 17 heavy (non-hydrogen) atoms. The molecule has 0 aliphatic carbocycles. The number of nitrogens with zero attached hydrogens (tertiary/aromatic N) is 2. The van der Waals surface area contributed by atoms with Crippen molar-refractivity contribution in [2.75, 3.05) is 0 Å². The van der Waals surface area contributed by atoms with Gasteiger partial charge in [0.2, 0.25) is 8.32 Å². The maximum atomic E-state index is 10.8. The van der Waals surface area contributed by atoms with Gasteiger partial charge in [0.1, 0.15) is 0 Å². The molecule has 1 aromatic carbocycles. The summed E-state index contributed by atoms with van der Waals surface area (Å²) in [6.45, 7) is 5.62. The normalized spacial score (nSPS) is 11.0. The summed E-state index contributed by atoms with van der Waals surface area (Å²) in [6.07, 6.45) is 0. The first kappa shape index (κ1) is 13.1. The van der Waals surface area contributed by atoms with E-state index in [1.54, 1.807) is 0 Å². The lowest BCUT2D eigenvalue weighted by molar-refractivity contribution is -0.394. The third kappa shape index (κ3) is 3.52. The van der Waals surface area contributed by atoms with E-state index in [4.69, 9.17) is 4.43 Å². The molecule has 0 saturated heterocycles. The molecule has 0 bridgehead atoms. The Balaban J connectivity index is 3.23. The van der Waals surface area contributed by atoms with E-state index in [1.165, 1.54) is 12.1 Å². The Morgan fingerprint density at radius 2 is 1.71 bits per heavy atom. The minimum absolute atomic E-state index is 0.0831. The van der Waals surface area contributed by atoms with Gasteiger partial charge in [0.25, 0.3) is 5.69 Å². The Hall–Kier alpha value is -1.96. The predicted octanol–water partition coefficient (Wildman–Crippen LogP) is 2.72. The van der Waals surface area contributed by atoms with Crippen molar-refractivity contribution >= 4 is 19.7 Å². The standard InChI is InChI=1S/C9H12N2O5Si/c1-17(2,3)16-9-5-4-7(10(12)13)6-8(9)11(14)15/h4-6H,1-3H3. The molecule has 0 aliphatic rings. The lowest BCUT2D eigenvalue weighted by Crippen LogP contribution is -2.29. The highest BCUT2D eigenvalue weighted by atomic mass is 28.4. The summed E-state index contributed by atoms with van der Waals surface area (Å²) in [5.74, 6) is 0.0831. The van der Waals surface area contributed by atoms with E-state index in [2.05, 4.69) is 0 Å². The average Bonchev–Trinajstić information content (AvgIpc) is 2.14. The Bertz CT molecular complexity index is 469. The van der Waals surface area contributed by atoms with Crippen molar-refractivity contribution in [3.05, 3.63) is 38.4 Å². The molecular weight excluding hydrogens is 244 g/mol. The number of nitro benzene ring substituents is 2. The number of nitro groups is 2. The highest BCUT2D eigenvalue weighted by Gasteiger charge is 2.25. The first-order valence-corrected chi connectivity index (χ1v) is 8.23. The van der Waals surface area contributed by atoms with Crippen LogP contribution in [-0.4, -0.2) is 18.2 Å². The van der Waals surface area contributed by atoms with Crippen LogP contribution in [0.25, 0.3) is 0 Å². The van der Waals surface area contributed by atoms with Crippen LogP contribution >= 0.6 is 0 Å². The van der Waals surface area contributed by atoms with E-state index in [1.807, 2.05) is 19.6 Å². The van der Waals surface area contributed by atoms with Crippen LogP contribution in [0.3, 0.4) is 0 Å². The average molecular weight is 256 g/mol. The largest absolute Gasteiger partial charge is 0.540 e. The first-order valence-electron chi connectivity index (χ1n) is 4.82. The minimum Gasteiger partial charge on any atom is -0.540 e. The summed E-state index contributed by atoms with van der Waals surface area (Å²) >= 11 is 0. The van der Waals surface area contributed by atoms with Gasteiger partial charge in [-0.1, -0.05) is 0 Å². The quantitative estimate of drug-likeness (QED) is 0.469. The van der Waals surface area contributed by atoms with E-state index >= 15 is 0 Å². The molecule has 0 aromatic heterocycles. The van der Waals surface area contributed by atoms with Crippen molar-refractivity contribution in [2.45, 2.75) is 19.6 Å². The lowest BCUT2D eigenvalue weighted by atomic mass is 10.2. The molecule has 0 unspecified atom stereocenters. The summed E-state index contributed by atoms with van der Waals surface area (Å²) in [4.78, 5) is 20.0. The van der Waals surface area contributed by atoms with Gasteiger partial charge in [-0.2, -0.15) is 0 Å². The molecule has 92 valence electrons. The molecule has 1 aromatic rings. The smallest absolute Gasteiger partial charge is 0.316 e. The van der Waals surface area contributed by atoms with Crippen molar-refractivity contribution in [1.82, 2.24) is 0 Å².